The van der Waals surface area contributed by atoms with E-state index in [4.69, 9.17) is 0 Å². The van der Waals surface area contributed by atoms with Crippen LogP contribution in [0.4, 0.5) is 0 Å². The van der Waals surface area contributed by atoms with E-state index in [0.717, 1.165) is 18.8 Å². The van der Waals surface area contributed by atoms with Gasteiger partial charge in [0, 0.05) is 11.5 Å². The van der Waals surface area contributed by atoms with Gasteiger partial charge in [0.25, 0.3) is 0 Å². The molecule has 0 saturated heterocycles. The molecule has 0 aromatic heterocycles. The van der Waals surface area contributed by atoms with Crippen molar-refractivity contribution in [2.45, 2.75) is 20.3 Å². The zero-order valence-corrected chi connectivity index (χ0v) is 5.70. The largest absolute Gasteiger partial charge is 0.338 e. The van der Waals surface area contributed by atoms with Gasteiger partial charge in [0.2, 0.25) is 0 Å². The molecule has 0 fully saturated rings. The summed E-state index contributed by atoms with van der Waals surface area (Å²) in [5.74, 6) is 0.817. The first-order valence-electron chi connectivity index (χ1n) is 3.13. The van der Waals surface area contributed by atoms with Gasteiger partial charge in [-0.1, -0.05) is 6.92 Å². The van der Waals surface area contributed by atoms with Crippen molar-refractivity contribution in [1.29, 1.82) is 0 Å². The van der Waals surface area contributed by atoms with Crippen molar-refractivity contribution < 1.29 is 0 Å². The Morgan fingerprint density at radius 3 is 2.67 bits per heavy atom. The van der Waals surface area contributed by atoms with E-state index in [0.29, 0.717) is 0 Å². The van der Waals surface area contributed by atoms with Gasteiger partial charge in [-0.3, -0.25) is 0 Å². The molecule has 1 rings (SSSR count). The Labute approximate surface area is 54.2 Å². The SMILES string of the molecule is CCC1=NN(CC)N=[N+]1. The lowest BCUT2D eigenvalue weighted by atomic mass is 10.5. The highest BCUT2D eigenvalue weighted by molar-refractivity contribution is 5.80. The lowest BCUT2D eigenvalue weighted by Gasteiger charge is -1.86. The molecule has 0 unspecified atom stereocenters. The second-order valence-electron chi connectivity index (χ2n) is 1.75. The molecule has 9 heavy (non-hydrogen) atoms. The van der Waals surface area contributed by atoms with Crippen LogP contribution < -0.4 is 5.11 Å². The van der Waals surface area contributed by atoms with Crippen molar-refractivity contribution in [2.24, 2.45) is 10.3 Å². The van der Waals surface area contributed by atoms with Crippen molar-refractivity contribution in [3.8, 4) is 0 Å². The fraction of sp³-hybridized carbons (Fsp3) is 0.800. The first kappa shape index (κ1) is 6.19. The summed E-state index contributed by atoms with van der Waals surface area (Å²) in [5, 5.41) is 13.2. The zero-order chi connectivity index (χ0) is 6.69. The highest BCUT2D eigenvalue weighted by atomic mass is 15.8. The molecule has 1 radical (unpaired) electrons. The average Bonchev–Trinajstić information content (AvgIpc) is 2.34. The molecule has 1 aliphatic heterocycles. The summed E-state index contributed by atoms with van der Waals surface area (Å²) in [7, 11) is 0. The number of amidine groups is 1. The fourth-order valence-corrected chi connectivity index (χ4v) is 0.552. The van der Waals surface area contributed by atoms with Crippen LogP contribution in [-0.2, 0) is 0 Å². The lowest BCUT2D eigenvalue weighted by Crippen LogP contribution is -2.04. The number of hydrogen-bond donors (Lipinski definition) is 0. The van der Waals surface area contributed by atoms with Crippen molar-refractivity contribution in [2.75, 3.05) is 6.54 Å². The smallest absolute Gasteiger partial charge is 0.0550 e. The molecule has 4 nitrogen and oxygen atoms in total. The van der Waals surface area contributed by atoms with Gasteiger partial charge < -0.3 is 0 Å². The second kappa shape index (κ2) is 2.57. The second-order valence-corrected chi connectivity index (χ2v) is 1.75. The molecule has 0 aromatic carbocycles. The predicted molar refractivity (Wildman–Crippen MR) is 34.7 cm³/mol. The fourth-order valence-electron chi connectivity index (χ4n) is 0.552. The highest BCUT2D eigenvalue weighted by Gasteiger charge is 2.18. The normalized spacial score (nSPS) is 16.7. The maximum absolute atomic E-state index is 4.04. The van der Waals surface area contributed by atoms with Gasteiger partial charge in [-0.25, -0.2) is 0 Å². The Kier molecular flexibility index (Phi) is 1.77. The van der Waals surface area contributed by atoms with E-state index in [9.17, 15) is 0 Å². The monoisotopic (exact) mass is 126 g/mol. The third kappa shape index (κ3) is 1.25. The minimum Gasteiger partial charge on any atom is -0.0550 e. The lowest BCUT2D eigenvalue weighted by molar-refractivity contribution is 0.314. The quantitative estimate of drug-likeness (QED) is 0.538. The number of hydrazone groups is 1. The maximum atomic E-state index is 4.04. The molecule has 1 heterocycles. The standard InChI is InChI=1S/C5H10N4/c1-3-5-6-8-9(4-2)7-5/h3-4H2,1-2H3/q+1. The summed E-state index contributed by atoms with van der Waals surface area (Å²) in [6.07, 6.45) is 0.861. The Balaban J connectivity index is 2.52. The van der Waals surface area contributed by atoms with Gasteiger partial charge in [-0.05, 0) is 12.0 Å². The Hall–Kier alpha value is -0.930. The van der Waals surface area contributed by atoms with Crippen LogP contribution in [0, 0.1) is 0 Å². The van der Waals surface area contributed by atoms with E-state index < -0.39 is 0 Å². The Morgan fingerprint density at radius 2 is 2.33 bits per heavy atom. The minimum atomic E-state index is 0.799. The Morgan fingerprint density at radius 1 is 1.56 bits per heavy atom. The van der Waals surface area contributed by atoms with Crippen LogP contribution in [0.1, 0.15) is 20.3 Å². The molecular formula is C5H10N4+. The molecule has 0 aromatic rings. The number of rotatable bonds is 2. The Bertz CT molecular complexity index is 149. The molecular weight excluding hydrogens is 116 g/mol. The highest BCUT2D eigenvalue weighted by Crippen LogP contribution is 1.97. The molecule has 0 amide bonds. The average molecular weight is 126 g/mol. The molecule has 0 N–H and O–H groups in total. The van der Waals surface area contributed by atoms with Crippen molar-refractivity contribution in [3.05, 3.63) is 0 Å². The first-order chi connectivity index (χ1) is 4.36. The van der Waals surface area contributed by atoms with Crippen LogP contribution in [0.3, 0.4) is 0 Å². The van der Waals surface area contributed by atoms with Crippen LogP contribution in [0.2, 0.25) is 0 Å². The number of nitrogens with zero attached hydrogens (tertiary/aromatic N) is 4. The molecule has 4 heteroatoms. The third-order valence-corrected chi connectivity index (χ3v) is 1.09. The van der Waals surface area contributed by atoms with Gasteiger partial charge >= 0.3 is 5.84 Å². The van der Waals surface area contributed by atoms with E-state index in [1.165, 1.54) is 0 Å². The van der Waals surface area contributed by atoms with Gasteiger partial charge in [0.05, 0.1) is 5.10 Å². The van der Waals surface area contributed by atoms with Gasteiger partial charge in [-0.2, -0.15) is 0 Å². The molecule has 0 saturated carbocycles. The minimum absolute atomic E-state index is 0.799. The molecule has 0 spiro atoms. The summed E-state index contributed by atoms with van der Waals surface area (Å²) in [6, 6.07) is 0. The molecule has 1 aliphatic rings. The summed E-state index contributed by atoms with van der Waals surface area (Å²) in [4.78, 5) is 0. The van der Waals surface area contributed by atoms with Crippen LogP contribution in [0.15, 0.2) is 10.3 Å². The van der Waals surface area contributed by atoms with E-state index in [1.54, 1.807) is 5.12 Å². The van der Waals surface area contributed by atoms with E-state index in [2.05, 4.69) is 15.4 Å². The third-order valence-electron chi connectivity index (χ3n) is 1.09. The topological polar surface area (TPSA) is 42.1 Å². The summed E-state index contributed by atoms with van der Waals surface area (Å²) in [5.41, 5.74) is 0. The summed E-state index contributed by atoms with van der Waals surface area (Å²) in [6.45, 7) is 4.80. The summed E-state index contributed by atoms with van der Waals surface area (Å²) >= 11 is 0. The molecule has 0 aliphatic carbocycles. The van der Waals surface area contributed by atoms with E-state index >= 15 is 0 Å². The van der Waals surface area contributed by atoms with E-state index in [1.807, 2.05) is 13.8 Å². The molecule has 49 valence electrons. The predicted octanol–water partition coefficient (Wildman–Crippen LogP) is 0.748. The van der Waals surface area contributed by atoms with Crippen LogP contribution in [0.5, 0.6) is 0 Å². The van der Waals surface area contributed by atoms with Gasteiger partial charge in [0.1, 0.15) is 11.8 Å². The first-order valence-corrected chi connectivity index (χ1v) is 3.13. The van der Waals surface area contributed by atoms with Crippen molar-refractivity contribution in [3.63, 3.8) is 0 Å². The van der Waals surface area contributed by atoms with Crippen LogP contribution in [-0.4, -0.2) is 17.5 Å². The molecule has 0 bridgehead atoms. The van der Waals surface area contributed by atoms with Crippen LogP contribution >= 0.6 is 0 Å². The maximum Gasteiger partial charge on any atom is 0.338 e. The van der Waals surface area contributed by atoms with Crippen molar-refractivity contribution in [1.82, 2.24) is 10.2 Å². The van der Waals surface area contributed by atoms with Crippen molar-refractivity contribution >= 4 is 5.84 Å². The van der Waals surface area contributed by atoms with Gasteiger partial charge in [-0.15, -0.1) is 0 Å². The van der Waals surface area contributed by atoms with Gasteiger partial charge in [0.15, 0.2) is 0 Å². The summed E-state index contributed by atoms with van der Waals surface area (Å²) < 4.78 is 0. The molecule has 0 atom stereocenters. The van der Waals surface area contributed by atoms with E-state index in [-0.39, 0.29) is 0 Å². The van der Waals surface area contributed by atoms with Crippen LogP contribution in [0.25, 0.3) is 0 Å². The zero-order valence-electron chi connectivity index (χ0n) is 5.70. The number of hydrogen-bond acceptors (Lipinski definition) is 4.